The van der Waals surface area contributed by atoms with Crippen LogP contribution in [0.15, 0.2) is 30.5 Å². The highest BCUT2D eigenvalue weighted by Gasteiger charge is 2.31. The van der Waals surface area contributed by atoms with E-state index >= 15 is 0 Å². The zero-order valence-electron chi connectivity index (χ0n) is 14.4. The molecule has 26 heavy (non-hydrogen) atoms. The molecule has 1 aliphatic heterocycles. The highest BCUT2D eigenvalue weighted by atomic mass is 35.5. The maximum Gasteiger partial charge on any atom is 0.416 e. The zero-order chi connectivity index (χ0) is 18.2. The number of alkyl halides is 3. The van der Waals surface area contributed by atoms with E-state index in [9.17, 15) is 18.0 Å². The fourth-order valence-corrected chi connectivity index (χ4v) is 2.99. The fraction of sp³-hybridized carbons (Fsp3) is 0.412. The molecule has 0 radical (unpaired) electrons. The second kappa shape index (κ2) is 7.67. The molecule has 1 aromatic carbocycles. The maximum absolute atomic E-state index is 12.9. The van der Waals surface area contributed by atoms with Crippen molar-refractivity contribution in [1.29, 1.82) is 0 Å². The Kier molecular flexibility index (Phi) is 5.98. The van der Waals surface area contributed by atoms with E-state index in [1.165, 1.54) is 23.0 Å². The largest absolute Gasteiger partial charge is 0.416 e. The van der Waals surface area contributed by atoms with Gasteiger partial charge in [-0.05, 0) is 32.0 Å². The summed E-state index contributed by atoms with van der Waals surface area (Å²) in [6, 6.07) is 4.96. The van der Waals surface area contributed by atoms with E-state index in [2.05, 4.69) is 10.4 Å². The van der Waals surface area contributed by atoms with Crippen LogP contribution in [0.2, 0.25) is 0 Å². The van der Waals surface area contributed by atoms with E-state index < -0.39 is 11.7 Å². The number of nitrogens with zero attached hydrogens (tertiary/aromatic N) is 3. The Labute approximate surface area is 155 Å². The summed E-state index contributed by atoms with van der Waals surface area (Å²) in [4.78, 5) is 14.5. The minimum Gasteiger partial charge on any atom is -0.333 e. The second-order valence-corrected chi connectivity index (χ2v) is 6.16. The van der Waals surface area contributed by atoms with Gasteiger partial charge >= 0.3 is 6.18 Å². The first-order valence-electron chi connectivity index (χ1n) is 8.03. The van der Waals surface area contributed by atoms with Crippen molar-refractivity contribution in [3.63, 3.8) is 0 Å². The van der Waals surface area contributed by atoms with Crippen molar-refractivity contribution in [3.05, 3.63) is 47.3 Å². The number of nitrogens with one attached hydrogen (secondary N) is 1. The van der Waals surface area contributed by atoms with Crippen molar-refractivity contribution in [2.24, 2.45) is 0 Å². The second-order valence-electron chi connectivity index (χ2n) is 6.16. The van der Waals surface area contributed by atoms with E-state index in [0.29, 0.717) is 24.3 Å². The quantitative estimate of drug-likeness (QED) is 0.860. The highest BCUT2D eigenvalue weighted by Crippen LogP contribution is 2.30. The van der Waals surface area contributed by atoms with Gasteiger partial charge in [0, 0.05) is 25.7 Å². The van der Waals surface area contributed by atoms with Gasteiger partial charge in [0.15, 0.2) is 0 Å². The number of piperazine rings is 1. The van der Waals surface area contributed by atoms with Gasteiger partial charge in [0.2, 0.25) is 0 Å². The van der Waals surface area contributed by atoms with Gasteiger partial charge in [-0.2, -0.15) is 18.3 Å². The molecule has 1 aromatic heterocycles. The van der Waals surface area contributed by atoms with Gasteiger partial charge in [0.1, 0.15) is 0 Å². The molecule has 1 N–H and O–H groups in total. The molecule has 1 unspecified atom stereocenters. The molecule has 1 amide bonds. The van der Waals surface area contributed by atoms with Crippen LogP contribution in [0.4, 0.5) is 13.2 Å². The van der Waals surface area contributed by atoms with Crippen molar-refractivity contribution >= 4 is 18.3 Å². The summed E-state index contributed by atoms with van der Waals surface area (Å²) in [5, 5.41) is 7.35. The first-order chi connectivity index (χ1) is 11.8. The van der Waals surface area contributed by atoms with Gasteiger partial charge in [-0.3, -0.25) is 4.79 Å². The number of aromatic nitrogens is 2. The number of amides is 1. The lowest BCUT2D eigenvalue weighted by atomic mass is 10.1. The molecule has 1 fully saturated rings. The summed E-state index contributed by atoms with van der Waals surface area (Å²) in [6.45, 7) is 5.67. The van der Waals surface area contributed by atoms with Crippen LogP contribution < -0.4 is 5.32 Å². The lowest BCUT2D eigenvalue weighted by molar-refractivity contribution is -0.137. The zero-order valence-corrected chi connectivity index (χ0v) is 15.2. The van der Waals surface area contributed by atoms with Crippen molar-refractivity contribution in [1.82, 2.24) is 20.0 Å². The number of hydrogen-bond donors (Lipinski definition) is 1. The third-order valence-electron chi connectivity index (χ3n) is 4.42. The number of halogens is 4. The third kappa shape index (κ3) is 3.86. The van der Waals surface area contributed by atoms with Gasteiger partial charge in [-0.15, -0.1) is 12.4 Å². The number of carbonyl (C=O) groups excluding carboxylic acids is 1. The molecule has 142 valence electrons. The van der Waals surface area contributed by atoms with Gasteiger partial charge in [-0.25, -0.2) is 4.68 Å². The van der Waals surface area contributed by atoms with E-state index in [-0.39, 0.29) is 30.0 Å². The standard InChI is InChI=1S/C17H19F3N4O.ClH/c1-11-9-21-6-7-23(11)16(25)15-10-22-24(12(15)2)14-5-3-4-13(8-14)17(18,19)20;/h3-5,8,10-11,21H,6-7,9H2,1-2H3;1H. The normalized spacial score (nSPS) is 17.7. The first-order valence-corrected chi connectivity index (χ1v) is 8.03. The summed E-state index contributed by atoms with van der Waals surface area (Å²) in [7, 11) is 0. The predicted octanol–water partition coefficient (Wildman–Crippen LogP) is 3.06. The van der Waals surface area contributed by atoms with E-state index in [1.807, 2.05) is 6.92 Å². The molecule has 1 atom stereocenters. The minimum absolute atomic E-state index is 0. The Balaban J connectivity index is 0.00000243. The minimum atomic E-state index is -4.42. The summed E-state index contributed by atoms with van der Waals surface area (Å²) in [6.07, 6.45) is -3.00. The van der Waals surface area contributed by atoms with Crippen LogP contribution in [0, 0.1) is 6.92 Å². The molecule has 5 nitrogen and oxygen atoms in total. The number of hydrogen-bond acceptors (Lipinski definition) is 3. The average molecular weight is 389 g/mol. The lowest BCUT2D eigenvalue weighted by Crippen LogP contribution is -2.52. The molecule has 0 saturated carbocycles. The highest BCUT2D eigenvalue weighted by molar-refractivity contribution is 5.95. The van der Waals surface area contributed by atoms with Crippen molar-refractivity contribution in [3.8, 4) is 5.69 Å². The summed E-state index contributed by atoms with van der Waals surface area (Å²) in [5.41, 5.74) is 0.462. The molecule has 2 heterocycles. The molecule has 0 spiro atoms. The molecule has 9 heteroatoms. The maximum atomic E-state index is 12.9. The van der Waals surface area contributed by atoms with Crippen LogP contribution in [0.25, 0.3) is 5.69 Å². The Morgan fingerprint density at radius 1 is 1.35 bits per heavy atom. The summed E-state index contributed by atoms with van der Waals surface area (Å²) in [5.74, 6) is -0.148. The van der Waals surface area contributed by atoms with Gasteiger partial charge < -0.3 is 10.2 Å². The van der Waals surface area contributed by atoms with E-state index in [0.717, 1.165) is 18.7 Å². The first kappa shape index (κ1) is 20.3. The van der Waals surface area contributed by atoms with Crippen LogP contribution in [-0.2, 0) is 6.18 Å². The molecular formula is C17H20ClF3N4O. The van der Waals surface area contributed by atoms with Crippen LogP contribution in [0.1, 0.15) is 28.5 Å². The molecular weight excluding hydrogens is 369 g/mol. The molecule has 3 rings (SSSR count). The number of benzene rings is 1. The van der Waals surface area contributed by atoms with Crippen molar-refractivity contribution in [2.45, 2.75) is 26.1 Å². The van der Waals surface area contributed by atoms with Crippen molar-refractivity contribution < 1.29 is 18.0 Å². The molecule has 2 aromatic rings. The van der Waals surface area contributed by atoms with Gasteiger partial charge in [0.05, 0.1) is 28.7 Å². The van der Waals surface area contributed by atoms with Crippen LogP contribution in [0.3, 0.4) is 0 Å². The van der Waals surface area contributed by atoms with Crippen LogP contribution in [0.5, 0.6) is 0 Å². The molecule has 0 bridgehead atoms. The summed E-state index contributed by atoms with van der Waals surface area (Å²) >= 11 is 0. The van der Waals surface area contributed by atoms with E-state index in [4.69, 9.17) is 0 Å². The average Bonchev–Trinajstić information content (AvgIpc) is 2.95. The lowest BCUT2D eigenvalue weighted by Gasteiger charge is -2.33. The Bertz CT molecular complexity index is 791. The molecule has 1 aliphatic rings. The van der Waals surface area contributed by atoms with Crippen molar-refractivity contribution in [2.75, 3.05) is 19.6 Å². The predicted molar refractivity (Wildman–Crippen MR) is 93.9 cm³/mol. The molecule has 1 saturated heterocycles. The van der Waals surface area contributed by atoms with Crippen LogP contribution in [-0.4, -0.2) is 46.3 Å². The number of carbonyl (C=O) groups is 1. The third-order valence-corrected chi connectivity index (χ3v) is 4.42. The fourth-order valence-electron chi connectivity index (χ4n) is 2.99. The van der Waals surface area contributed by atoms with Crippen LogP contribution >= 0.6 is 12.4 Å². The Morgan fingerprint density at radius 2 is 2.08 bits per heavy atom. The summed E-state index contributed by atoms with van der Waals surface area (Å²) < 4.78 is 40.1. The monoisotopic (exact) mass is 388 g/mol. The Morgan fingerprint density at radius 3 is 2.73 bits per heavy atom. The number of rotatable bonds is 2. The van der Waals surface area contributed by atoms with Gasteiger partial charge in [-0.1, -0.05) is 6.07 Å². The SMILES string of the molecule is Cc1c(C(=O)N2CCNCC2C)cnn1-c1cccc(C(F)(F)F)c1.Cl. The topological polar surface area (TPSA) is 50.2 Å². The smallest absolute Gasteiger partial charge is 0.333 e. The van der Waals surface area contributed by atoms with Gasteiger partial charge in [0.25, 0.3) is 5.91 Å². The van der Waals surface area contributed by atoms with E-state index in [1.54, 1.807) is 11.8 Å². The Hall–Kier alpha value is -2.06. The molecule has 0 aliphatic carbocycles.